The predicted molar refractivity (Wildman–Crippen MR) is 47.9 cm³/mol. The molecule has 1 aliphatic rings. The molecule has 0 aliphatic carbocycles. The number of ketones is 1. The van der Waals surface area contributed by atoms with Gasteiger partial charge in [0.15, 0.2) is 11.7 Å². The van der Waals surface area contributed by atoms with Crippen LogP contribution >= 0.6 is 0 Å². The molecule has 1 heterocycles. The van der Waals surface area contributed by atoms with Crippen LogP contribution in [0.5, 0.6) is 0 Å². The predicted octanol–water partition coefficient (Wildman–Crippen LogP) is -0.238. The lowest BCUT2D eigenvalue weighted by Crippen LogP contribution is -2.37. The molecule has 66 valence electrons. The molecule has 0 saturated carbocycles. The van der Waals surface area contributed by atoms with E-state index in [2.05, 4.69) is 4.99 Å². The molecule has 0 aromatic heterocycles. The molecule has 0 spiro atoms. The minimum atomic E-state index is 0.0672. The van der Waals surface area contributed by atoms with Crippen LogP contribution in [0, 0.1) is 0 Å². The van der Waals surface area contributed by atoms with Crippen molar-refractivity contribution >= 4 is 11.7 Å². The minimum Gasteiger partial charge on any atom is -0.370 e. The molecule has 0 unspecified atom stereocenters. The van der Waals surface area contributed by atoms with Crippen molar-refractivity contribution in [2.45, 2.75) is 6.92 Å². The summed E-state index contributed by atoms with van der Waals surface area (Å²) < 4.78 is 0. The molecule has 1 aliphatic heterocycles. The van der Waals surface area contributed by atoms with E-state index in [1.54, 1.807) is 17.1 Å². The molecule has 2 N–H and O–H groups in total. The van der Waals surface area contributed by atoms with Crippen LogP contribution in [0.15, 0.2) is 17.1 Å². The summed E-state index contributed by atoms with van der Waals surface area (Å²) in [7, 11) is 0. The van der Waals surface area contributed by atoms with Gasteiger partial charge in [-0.15, -0.1) is 0 Å². The van der Waals surface area contributed by atoms with Crippen LogP contribution in [0.3, 0.4) is 0 Å². The zero-order valence-electron chi connectivity index (χ0n) is 7.16. The van der Waals surface area contributed by atoms with Gasteiger partial charge in [0.1, 0.15) is 0 Å². The van der Waals surface area contributed by atoms with Crippen molar-refractivity contribution in [1.82, 2.24) is 4.90 Å². The Bertz CT molecular complexity index is 232. The fourth-order valence-corrected chi connectivity index (χ4v) is 1.09. The van der Waals surface area contributed by atoms with Gasteiger partial charge in [-0.25, -0.2) is 0 Å². The molecule has 0 fully saturated rings. The van der Waals surface area contributed by atoms with Gasteiger partial charge < -0.3 is 10.6 Å². The number of carbonyl (C=O) groups is 1. The summed E-state index contributed by atoms with van der Waals surface area (Å²) in [5, 5.41) is 0. The number of allylic oxidation sites excluding steroid dienone is 1. The zero-order chi connectivity index (χ0) is 8.97. The second kappa shape index (κ2) is 3.90. The summed E-state index contributed by atoms with van der Waals surface area (Å²) in [5.74, 6) is 0.547. The first-order valence-corrected chi connectivity index (χ1v) is 3.94. The van der Waals surface area contributed by atoms with Crippen LogP contribution < -0.4 is 5.73 Å². The number of guanidine groups is 1. The first kappa shape index (κ1) is 8.77. The van der Waals surface area contributed by atoms with Gasteiger partial charge in [-0.1, -0.05) is 6.08 Å². The maximum atomic E-state index is 11.1. The van der Waals surface area contributed by atoms with Gasteiger partial charge in [-0.3, -0.25) is 9.79 Å². The molecule has 0 atom stereocenters. The van der Waals surface area contributed by atoms with Gasteiger partial charge in [-0.2, -0.15) is 0 Å². The Kier molecular flexibility index (Phi) is 2.85. The number of nitrogens with two attached hydrogens (primary N) is 1. The van der Waals surface area contributed by atoms with Crippen LogP contribution in [0.1, 0.15) is 6.92 Å². The summed E-state index contributed by atoms with van der Waals surface area (Å²) in [4.78, 5) is 16.9. The van der Waals surface area contributed by atoms with Crippen LogP contribution in [0.4, 0.5) is 0 Å². The van der Waals surface area contributed by atoms with Crippen LogP contribution in [-0.4, -0.2) is 36.3 Å². The maximum Gasteiger partial charge on any atom is 0.191 e. The molecule has 0 amide bonds. The van der Waals surface area contributed by atoms with E-state index in [-0.39, 0.29) is 5.78 Å². The molecule has 4 nitrogen and oxygen atoms in total. The summed E-state index contributed by atoms with van der Waals surface area (Å²) in [5.41, 5.74) is 5.52. The van der Waals surface area contributed by atoms with Gasteiger partial charge >= 0.3 is 0 Å². The number of nitrogens with zero attached hydrogens (tertiary/aromatic N) is 2. The lowest BCUT2D eigenvalue weighted by Gasteiger charge is -2.14. The third kappa shape index (κ3) is 2.08. The molecular weight excluding hydrogens is 154 g/mol. The molecule has 4 heteroatoms. The van der Waals surface area contributed by atoms with Crippen molar-refractivity contribution in [2.24, 2.45) is 10.7 Å². The zero-order valence-corrected chi connectivity index (χ0v) is 7.16. The topological polar surface area (TPSA) is 58.7 Å². The third-order valence-electron chi connectivity index (χ3n) is 1.67. The van der Waals surface area contributed by atoms with E-state index in [0.29, 0.717) is 19.0 Å². The first-order valence-electron chi connectivity index (χ1n) is 3.94. The SMILES string of the molecule is C/C=C/C(=O)CN1CCN=C1N. The first-order chi connectivity index (χ1) is 5.74. The van der Waals surface area contributed by atoms with E-state index >= 15 is 0 Å². The van der Waals surface area contributed by atoms with Gasteiger partial charge in [-0.05, 0) is 13.0 Å². The van der Waals surface area contributed by atoms with Gasteiger partial charge in [0, 0.05) is 6.54 Å². The standard InChI is InChI=1S/C8H13N3O/c1-2-3-7(12)6-11-5-4-10-8(11)9/h2-3H,4-6H2,1H3,(H2,9,10)/b3-2+. The highest BCUT2D eigenvalue weighted by atomic mass is 16.1. The molecular formula is C8H13N3O. The third-order valence-corrected chi connectivity index (χ3v) is 1.67. The number of carbonyl (C=O) groups excluding carboxylic acids is 1. The number of aliphatic imine (C=N–C) groups is 1. The molecule has 1 rings (SSSR count). The summed E-state index contributed by atoms with van der Waals surface area (Å²) >= 11 is 0. The Morgan fingerprint density at radius 3 is 3.08 bits per heavy atom. The van der Waals surface area contributed by atoms with Crippen molar-refractivity contribution in [3.63, 3.8) is 0 Å². The second-order valence-corrected chi connectivity index (χ2v) is 2.63. The van der Waals surface area contributed by atoms with Crippen molar-refractivity contribution in [2.75, 3.05) is 19.6 Å². The highest BCUT2D eigenvalue weighted by Gasteiger charge is 2.14. The van der Waals surface area contributed by atoms with Gasteiger partial charge in [0.25, 0.3) is 0 Å². The number of hydrogen-bond acceptors (Lipinski definition) is 4. The molecule has 12 heavy (non-hydrogen) atoms. The van der Waals surface area contributed by atoms with E-state index in [1.165, 1.54) is 0 Å². The van der Waals surface area contributed by atoms with E-state index in [4.69, 9.17) is 5.73 Å². The fraction of sp³-hybridized carbons (Fsp3) is 0.500. The second-order valence-electron chi connectivity index (χ2n) is 2.63. The maximum absolute atomic E-state index is 11.1. The lowest BCUT2D eigenvalue weighted by molar-refractivity contribution is -0.114. The van der Waals surface area contributed by atoms with Crippen molar-refractivity contribution in [3.8, 4) is 0 Å². The van der Waals surface area contributed by atoms with Crippen LogP contribution in [0.25, 0.3) is 0 Å². The smallest absolute Gasteiger partial charge is 0.191 e. The van der Waals surface area contributed by atoms with Crippen molar-refractivity contribution < 1.29 is 4.79 Å². The quantitative estimate of drug-likeness (QED) is 0.590. The Balaban J connectivity index is 2.41. The van der Waals surface area contributed by atoms with Gasteiger partial charge in [0.2, 0.25) is 0 Å². The summed E-state index contributed by atoms with van der Waals surface area (Å²) in [6.07, 6.45) is 3.28. The average molecular weight is 167 g/mol. The monoisotopic (exact) mass is 167 g/mol. The number of rotatable bonds is 3. The Hall–Kier alpha value is -1.32. The molecule has 0 aromatic carbocycles. The van der Waals surface area contributed by atoms with Crippen LogP contribution in [0.2, 0.25) is 0 Å². The lowest BCUT2D eigenvalue weighted by atomic mass is 10.3. The van der Waals surface area contributed by atoms with Crippen molar-refractivity contribution in [1.29, 1.82) is 0 Å². The minimum absolute atomic E-state index is 0.0672. The van der Waals surface area contributed by atoms with E-state index in [1.807, 2.05) is 6.92 Å². The van der Waals surface area contributed by atoms with E-state index in [9.17, 15) is 4.79 Å². The Morgan fingerprint density at radius 2 is 2.58 bits per heavy atom. The van der Waals surface area contributed by atoms with E-state index < -0.39 is 0 Å². The molecule has 0 aromatic rings. The average Bonchev–Trinajstić information content (AvgIpc) is 2.37. The number of hydrogen-bond donors (Lipinski definition) is 1. The largest absolute Gasteiger partial charge is 0.370 e. The Labute approximate surface area is 71.8 Å². The van der Waals surface area contributed by atoms with Crippen LogP contribution in [-0.2, 0) is 4.79 Å². The fourth-order valence-electron chi connectivity index (χ4n) is 1.09. The summed E-state index contributed by atoms with van der Waals surface area (Å²) in [6, 6.07) is 0. The molecule has 0 bridgehead atoms. The highest BCUT2D eigenvalue weighted by Crippen LogP contribution is 1.97. The Morgan fingerprint density at radius 1 is 1.83 bits per heavy atom. The van der Waals surface area contributed by atoms with Gasteiger partial charge in [0.05, 0.1) is 13.1 Å². The van der Waals surface area contributed by atoms with E-state index in [0.717, 1.165) is 6.54 Å². The molecule has 0 saturated heterocycles. The normalized spacial score (nSPS) is 17.1. The van der Waals surface area contributed by atoms with Crippen molar-refractivity contribution in [3.05, 3.63) is 12.2 Å². The summed E-state index contributed by atoms with van der Waals surface area (Å²) in [6.45, 7) is 3.63. The highest BCUT2D eigenvalue weighted by molar-refractivity contribution is 5.94. The molecule has 0 radical (unpaired) electrons.